The summed E-state index contributed by atoms with van der Waals surface area (Å²) in [4.78, 5) is 25.0. The van der Waals surface area contributed by atoms with E-state index < -0.39 is 6.04 Å². The van der Waals surface area contributed by atoms with E-state index >= 15 is 0 Å². The molecule has 1 saturated heterocycles. The molecule has 0 saturated carbocycles. The van der Waals surface area contributed by atoms with Crippen molar-refractivity contribution < 1.29 is 14.7 Å². The van der Waals surface area contributed by atoms with Crippen molar-refractivity contribution in [1.82, 2.24) is 10.2 Å². The van der Waals surface area contributed by atoms with Crippen LogP contribution in [-0.4, -0.2) is 47.6 Å². The highest BCUT2D eigenvalue weighted by molar-refractivity contribution is 5.87. The van der Waals surface area contributed by atoms with E-state index in [9.17, 15) is 9.59 Å². The summed E-state index contributed by atoms with van der Waals surface area (Å²) in [7, 11) is 0. The van der Waals surface area contributed by atoms with E-state index in [4.69, 9.17) is 5.11 Å². The van der Waals surface area contributed by atoms with Gasteiger partial charge in [-0.1, -0.05) is 13.8 Å². The lowest BCUT2D eigenvalue weighted by Crippen LogP contribution is -2.50. The summed E-state index contributed by atoms with van der Waals surface area (Å²) in [5.41, 5.74) is 0. The molecule has 0 radical (unpaired) electrons. The Kier molecular flexibility index (Phi) is 4.93. The third kappa shape index (κ3) is 3.70. The molecule has 2 unspecified atom stereocenters. The van der Waals surface area contributed by atoms with Crippen LogP contribution in [0.15, 0.2) is 0 Å². The monoisotopic (exact) mass is 242 g/mol. The first-order chi connectivity index (χ1) is 7.95. The summed E-state index contributed by atoms with van der Waals surface area (Å²) in [6, 6.07) is -0.454. The van der Waals surface area contributed by atoms with Crippen molar-refractivity contribution in [2.75, 3.05) is 19.7 Å². The van der Waals surface area contributed by atoms with Gasteiger partial charge in [0, 0.05) is 32.5 Å². The molecule has 1 aliphatic heterocycles. The average Bonchev–Trinajstić information content (AvgIpc) is 2.72. The van der Waals surface area contributed by atoms with Gasteiger partial charge < -0.3 is 15.3 Å². The molecule has 0 aromatic heterocycles. The fraction of sp³-hybridized carbons (Fsp3) is 0.833. The highest BCUT2D eigenvalue weighted by Gasteiger charge is 2.32. The maximum atomic E-state index is 12.2. The smallest absolute Gasteiger partial charge is 0.245 e. The van der Waals surface area contributed by atoms with Crippen LogP contribution in [0.2, 0.25) is 0 Å². The van der Waals surface area contributed by atoms with E-state index in [0.29, 0.717) is 13.1 Å². The van der Waals surface area contributed by atoms with Crippen LogP contribution < -0.4 is 5.32 Å². The largest absolute Gasteiger partial charge is 0.396 e. The number of carbonyl (C=O) groups is 2. The number of likely N-dealkylation sites (tertiary alicyclic amines) is 1. The second-order valence-electron chi connectivity index (χ2n) is 5.04. The summed E-state index contributed by atoms with van der Waals surface area (Å²) in [6.07, 6.45) is 0.840. The molecule has 2 amide bonds. The predicted molar refractivity (Wildman–Crippen MR) is 64.2 cm³/mol. The van der Waals surface area contributed by atoms with Crippen LogP contribution in [-0.2, 0) is 9.59 Å². The lowest BCUT2D eigenvalue weighted by molar-refractivity contribution is -0.136. The predicted octanol–water partition coefficient (Wildman–Crippen LogP) is -0.0121. The van der Waals surface area contributed by atoms with Crippen LogP contribution in [0.5, 0.6) is 0 Å². The summed E-state index contributed by atoms with van der Waals surface area (Å²) < 4.78 is 0. The molecule has 98 valence electrons. The third-order valence-electron chi connectivity index (χ3n) is 3.15. The molecule has 2 atom stereocenters. The average molecular weight is 242 g/mol. The molecule has 2 N–H and O–H groups in total. The lowest BCUT2D eigenvalue weighted by Gasteiger charge is -2.26. The minimum atomic E-state index is -0.454. The molecule has 1 fully saturated rings. The van der Waals surface area contributed by atoms with Gasteiger partial charge >= 0.3 is 0 Å². The van der Waals surface area contributed by atoms with E-state index in [-0.39, 0.29) is 30.3 Å². The molecule has 0 spiro atoms. The Morgan fingerprint density at radius 1 is 1.47 bits per heavy atom. The van der Waals surface area contributed by atoms with Gasteiger partial charge in [0.1, 0.15) is 6.04 Å². The quantitative estimate of drug-likeness (QED) is 0.728. The summed E-state index contributed by atoms with van der Waals surface area (Å²) in [6.45, 7) is 6.64. The zero-order chi connectivity index (χ0) is 13.0. The highest BCUT2D eigenvalue weighted by Crippen LogP contribution is 2.18. The number of nitrogens with zero attached hydrogens (tertiary/aromatic N) is 1. The summed E-state index contributed by atoms with van der Waals surface area (Å²) >= 11 is 0. The van der Waals surface area contributed by atoms with Crippen molar-refractivity contribution in [3.8, 4) is 0 Å². The Balaban J connectivity index is 2.62. The van der Waals surface area contributed by atoms with E-state index in [1.54, 1.807) is 4.90 Å². The molecule has 1 heterocycles. The zero-order valence-corrected chi connectivity index (χ0v) is 10.8. The molecule has 0 bridgehead atoms. The Bertz CT molecular complexity index is 291. The standard InChI is InChI=1S/C12H22N2O3/c1-8(2)11(13-9(3)16)12(17)14-5-4-10(6-14)7-15/h8,10-11,15H,4-7H2,1-3H3,(H,13,16). The van der Waals surface area contributed by atoms with Crippen LogP contribution in [0.4, 0.5) is 0 Å². The van der Waals surface area contributed by atoms with Crippen molar-refractivity contribution >= 4 is 11.8 Å². The van der Waals surface area contributed by atoms with Gasteiger partial charge in [0.15, 0.2) is 0 Å². The Morgan fingerprint density at radius 3 is 2.53 bits per heavy atom. The van der Waals surface area contributed by atoms with E-state index in [1.165, 1.54) is 6.92 Å². The molecular weight excluding hydrogens is 220 g/mol. The number of hydrogen-bond acceptors (Lipinski definition) is 3. The molecule has 5 heteroatoms. The topological polar surface area (TPSA) is 69.6 Å². The van der Waals surface area contributed by atoms with Gasteiger partial charge in [-0.2, -0.15) is 0 Å². The fourth-order valence-electron chi connectivity index (χ4n) is 2.11. The molecule has 0 aromatic carbocycles. The number of aliphatic hydroxyl groups is 1. The molecule has 1 aliphatic rings. The summed E-state index contributed by atoms with van der Waals surface area (Å²) in [5.74, 6) is 0.0322. The maximum absolute atomic E-state index is 12.2. The van der Waals surface area contributed by atoms with Crippen molar-refractivity contribution in [2.45, 2.75) is 33.2 Å². The van der Waals surface area contributed by atoms with Crippen molar-refractivity contribution in [1.29, 1.82) is 0 Å². The maximum Gasteiger partial charge on any atom is 0.245 e. The van der Waals surface area contributed by atoms with Crippen molar-refractivity contribution in [3.63, 3.8) is 0 Å². The van der Waals surface area contributed by atoms with Crippen molar-refractivity contribution in [2.24, 2.45) is 11.8 Å². The number of rotatable bonds is 4. The van der Waals surface area contributed by atoms with E-state index in [2.05, 4.69) is 5.32 Å². The summed E-state index contributed by atoms with van der Waals surface area (Å²) in [5, 5.41) is 11.7. The van der Waals surface area contributed by atoms with E-state index in [1.807, 2.05) is 13.8 Å². The Labute approximate surface area is 102 Å². The first-order valence-electron chi connectivity index (χ1n) is 6.12. The number of carbonyl (C=O) groups excluding carboxylic acids is 2. The Morgan fingerprint density at radius 2 is 2.12 bits per heavy atom. The van der Waals surface area contributed by atoms with Gasteiger partial charge in [0.25, 0.3) is 0 Å². The number of amides is 2. The van der Waals surface area contributed by atoms with Crippen LogP contribution in [0.25, 0.3) is 0 Å². The molecular formula is C12H22N2O3. The molecule has 5 nitrogen and oxygen atoms in total. The lowest BCUT2D eigenvalue weighted by atomic mass is 10.0. The third-order valence-corrected chi connectivity index (χ3v) is 3.15. The second kappa shape index (κ2) is 6.00. The van der Waals surface area contributed by atoms with Gasteiger partial charge in [-0.25, -0.2) is 0 Å². The minimum absolute atomic E-state index is 0.0360. The van der Waals surface area contributed by atoms with Crippen LogP contribution >= 0.6 is 0 Å². The highest BCUT2D eigenvalue weighted by atomic mass is 16.3. The number of hydrogen-bond donors (Lipinski definition) is 2. The van der Waals surface area contributed by atoms with Crippen LogP contribution in [0, 0.1) is 11.8 Å². The number of aliphatic hydroxyl groups excluding tert-OH is 1. The number of nitrogens with one attached hydrogen (secondary N) is 1. The fourth-order valence-corrected chi connectivity index (χ4v) is 2.11. The zero-order valence-electron chi connectivity index (χ0n) is 10.8. The normalized spacial score (nSPS) is 21.7. The minimum Gasteiger partial charge on any atom is -0.396 e. The van der Waals surface area contributed by atoms with Gasteiger partial charge in [0.2, 0.25) is 11.8 Å². The molecule has 0 aromatic rings. The Hall–Kier alpha value is -1.10. The van der Waals surface area contributed by atoms with Crippen LogP contribution in [0.1, 0.15) is 27.2 Å². The first kappa shape index (κ1) is 14.0. The van der Waals surface area contributed by atoms with Gasteiger partial charge in [0.05, 0.1) is 0 Å². The van der Waals surface area contributed by atoms with E-state index in [0.717, 1.165) is 6.42 Å². The second-order valence-corrected chi connectivity index (χ2v) is 5.04. The van der Waals surface area contributed by atoms with Gasteiger partial charge in [-0.05, 0) is 12.3 Å². The van der Waals surface area contributed by atoms with Crippen molar-refractivity contribution in [3.05, 3.63) is 0 Å². The molecule has 17 heavy (non-hydrogen) atoms. The first-order valence-corrected chi connectivity index (χ1v) is 6.12. The van der Waals surface area contributed by atoms with Gasteiger partial charge in [-0.3, -0.25) is 9.59 Å². The van der Waals surface area contributed by atoms with Gasteiger partial charge in [-0.15, -0.1) is 0 Å². The van der Waals surface area contributed by atoms with Crippen LogP contribution in [0.3, 0.4) is 0 Å². The molecule has 0 aliphatic carbocycles. The molecule has 1 rings (SSSR count). The SMILES string of the molecule is CC(=O)NC(C(=O)N1CCC(CO)C1)C(C)C.